The summed E-state index contributed by atoms with van der Waals surface area (Å²) < 4.78 is 23.6. The van der Waals surface area contributed by atoms with Gasteiger partial charge >= 0.3 is 0 Å². The molecule has 0 spiro atoms. The second-order valence-electron chi connectivity index (χ2n) is 5.19. The first-order valence-corrected chi connectivity index (χ1v) is 8.77. The van der Waals surface area contributed by atoms with E-state index >= 15 is 0 Å². The highest BCUT2D eigenvalue weighted by Gasteiger charge is 2.30. The molecule has 4 nitrogen and oxygen atoms in total. The zero-order valence-corrected chi connectivity index (χ0v) is 12.6. The number of amides is 1. The van der Waals surface area contributed by atoms with Crippen LogP contribution in [-0.4, -0.2) is 43.3 Å². The van der Waals surface area contributed by atoms with Crippen LogP contribution in [0.3, 0.4) is 0 Å². The highest BCUT2D eigenvalue weighted by Crippen LogP contribution is 2.19. The monoisotopic (exact) mass is 295 g/mol. The highest BCUT2D eigenvalue weighted by atomic mass is 32.2. The van der Waals surface area contributed by atoms with E-state index in [-0.39, 0.29) is 16.9 Å². The summed E-state index contributed by atoms with van der Waals surface area (Å²) in [6.07, 6.45) is 1.53. The lowest BCUT2D eigenvalue weighted by Gasteiger charge is -2.31. The van der Waals surface area contributed by atoms with Crippen LogP contribution in [0, 0.1) is 0 Å². The molecule has 0 radical (unpaired) electrons. The molecule has 0 N–H and O–H groups in total. The molecule has 0 atom stereocenters. The maximum Gasteiger partial charge on any atom is 0.226 e. The maximum absolute atomic E-state index is 12.2. The number of nitrogens with zero attached hydrogens (tertiary/aromatic N) is 1. The first-order valence-electron chi connectivity index (χ1n) is 7.06. The van der Waals surface area contributed by atoms with Gasteiger partial charge in [-0.1, -0.05) is 37.3 Å². The zero-order chi connectivity index (χ0) is 14.6. The summed E-state index contributed by atoms with van der Waals surface area (Å²) in [5.41, 5.74) is 1.00. The average Bonchev–Trinajstić information content (AvgIpc) is 2.48. The number of rotatable bonds is 4. The van der Waals surface area contributed by atoms with Crippen molar-refractivity contribution in [1.29, 1.82) is 0 Å². The number of carbonyl (C=O) groups excluding carboxylic acids is 1. The van der Waals surface area contributed by atoms with Gasteiger partial charge in [-0.05, 0) is 18.4 Å². The molecule has 0 bridgehead atoms. The van der Waals surface area contributed by atoms with E-state index < -0.39 is 9.84 Å². The van der Waals surface area contributed by atoms with E-state index in [4.69, 9.17) is 0 Å². The van der Waals surface area contributed by atoms with Gasteiger partial charge in [0.25, 0.3) is 0 Å². The van der Waals surface area contributed by atoms with Crippen LogP contribution in [0.25, 0.3) is 0 Å². The number of sulfone groups is 1. The van der Waals surface area contributed by atoms with E-state index in [1.54, 1.807) is 11.8 Å². The molecule has 1 heterocycles. The Labute approximate surface area is 120 Å². The summed E-state index contributed by atoms with van der Waals surface area (Å²) in [5, 5.41) is -0.270. The minimum absolute atomic E-state index is 0.0866. The molecule has 1 aromatic rings. The van der Waals surface area contributed by atoms with Crippen molar-refractivity contribution in [2.45, 2.75) is 31.4 Å². The van der Waals surface area contributed by atoms with Crippen molar-refractivity contribution in [2.75, 3.05) is 18.8 Å². The second-order valence-corrected chi connectivity index (χ2v) is 7.76. The first-order chi connectivity index (χ1) is 9.53. The van der Waals surface area contributed by atoms with Crippen molar-refractivity contribution in [1.82, 2.24) is 4.90 Å². The second kappa shape index (κ2) is 6.39. The van der Waals surface area contributed by atoms with Gasteiger partial charge in [0.15, 0.2) is 9.84 Å². The van der Waals surface area contributed by atoms with Crippen LogP contribution in [-0.2, 0) is 21.1 Å². The van der Waals surface area contributed by atoms with E-state index in [2.05, 4.69) is 0 Å². The largest absolute Gasteiger partial charge is 0.342 e. The SMILES string of the molecule is CCS(=O)(=O)C1CCN(C(=O)Cc2ccccc2)CC1. The quantitative estimate of drug-likeness (QED) is 0.849. The Morgan fingerprint density at radius 1 is 1.20 bits per heavy atom. The first kappa shape index (κ1) is 15.0. The van der Waals surface area contributed by atoms with Gasteiger partial charge in [0.1, 0.15) is 0 Å². The highest BCUT2D eigenvalue weighted by molar-refractivity contribution is 7.92. The number of hydrogen-bond acceptors (Lipinski definition) is 3. The molecule has 1 amide bonds. The van der Waals surface area contributed by atoms with Crippen LogP contribution in [0.4, 0.5) is 0 Å². The Morgan fingerprint density at radius 3 is 2.35 bits per heavy atom. The number of benzene rings is 1. The third kappa shape index (κ3) is 3.60. The summed E-state index contributed by atoms with van der Waals surface area (Å²) in [5.74, 6) is 0.277. The molecule has 5 heteroatoms. The van der Waals surface area contributed by atoms with Crippen molar-refractivity contribution in [3.8, 4) is 0 Å². The van der Waals surface area contributed by atoms with Crippen molar-refractivity contribution >= 4 is 15.7 Å². The molecule has 1 fully saturated rings. The van der Waals surface area contributed by atoms with Crippen molar-refractivity contribution in [3.63, 3.8) is 0 Å². The molecule has 0 aliphatic carbocycles. The van der Waals surface area contributed by atoms with Gasteiger partial charge in [-0.15, -0.1) is 0 Å². The molecule has 110 valence electrons. The standard InChI is InChI=1S/C15H21NO3S/c1-2-20(18,19)14-8-10-16(11-9-14)15(17)12-13-6-4-3-5-7-13/h3-7,14H,2,8-12H2,1H3. The fourth-order valence-corrected chi connectivity index (χ4v) is 3.98. The van der Waals surface area contributed by atoms with Crippen molar-refractivity contribution in [3.05, 3.63) is 35.9 Å². The van der Waals surface area contributed by atoms with Crippen molar-refractivity contribution in [2.24, 2.45) is 0 Å². The summed E-state index contributed by atoms with van der Waals surface area (Å²) in [6.45, 7) is 2.79. The van der Waals surface area contributed by atoms with Gasteiger partial charge in [-0.2, -0.15) is 0 Å². The average molecular weight is 295 g/mol. The van der Waals surface area contributed by atoms with Crippen molar-refractivity contribution < 1.29 is 13.2 Å². The molecule has 1 aromatic carbocycles. The minimum atomic E-state index is -2.97. The van der Waals surface area contributed by atoms with E-state index in [1.165, 1.54) is 0 Å². The lowest BCUT2D eigenvalue weighted by Crippen LogP contribution is -2.43. The zero-order valence-electron chi connectivity index (χ0n) is 11.8. The van der Waals surface area contributed by atoms with Gasteiger partial charge < -0.3 is 4.90 Å². The van der Waals surface area contributed by atoms with E-state index in [1.807, 2.05) is 30.3 Å². The van der Waals surface area contributed by atoms with Crippen LogP contribution in [0.15, 0.2) is 30.3 Å². The molecule has 1 aliphatic heterocycles. The van der Waals surface area contributed by atoms with Crippen LogP contribution in [0.2, 0.25) is 0 Å². The number of likely N-dealkylation sites (tertiary alicyclic amines) is 1. The molecule has 1 aliphatic rings. The third-order valence-corrected chi connectivity index (χ3v) is 6.19. The Kier molecular flexibility index (Phi) is 4.81. The normalized spacial score (nSPS) is 17.1. The summed E-state index contributed by atoms with van der Waals surface area (Å²) >= 11 is 0. The topological polar surface area (TPSA) is 54.5 Å². The van der Waals surface area contributed by atoms with Crippen LogP contribution < -0.4 is 0 Å². The molecular formula is C15H21NO3S. The Hall–Kier alpha value is -1.36. The maximum atomic E-state index is 12.2. The molecule has 2 rings (SSSR count). The molecular weight excluding hydrogens is 274 g/mol. The van der Waals surface area contributed by atoms with Crippen LogP contribution in [0.1, 0.15) is 25.3 Å². The smallest absolute Gasteiger partial charge is 0.226 e. The third-order valence-electron chi connectivity index (χ3n) is 3.90. The predicted octanol–water partition coefficient (Wildman–Crippen LogP) is 1.65. The fraction of sp³-hybridized carbons (Fsp3) is 0.533. The Morgan fingerprint density at radius 2 is 1.80 bits per heavy atom. The minimum Gasteiger partial charge on any atom is -0.342 e. The number of carbonyl (C=O) groups is 1. The summed E-state index contributed by atoms with van der Waals surface area (Å²) in [6, 6.07) is 9.64. The molecule has 20 heavy (non-hydrogen) atoms. The lowest BCUT2D eigenvalue weighted by molar-refractivity contribution is -0.131. The molecule has 0 saturated carbocycles. The fourth-order valence-electron chi connectivity index (χ4n) is 2.58. The van der Waals surface area contributed by atoms with E-state index in [0.29, 0.717) is 32.4 Å². The van der Waals surface area contributed by atoms with Gasteiger partial charge in [0.2, 0.25) is 5.91 Å². The predicted molar refractivity (Wildman–Crippen MR) is 79.2 cm³/mol. The summed E-state index contributed by atoms with van der Waals surface area (Å²) in [4.78, 5) is 14.0. The Balaban J connectivity index is 1.89. The van der Waals surface area contributed by atoms with Gasteiger partial charge in [0.05, 0.1) is 11.7 Å². The van der Waals surface area contributed by atoms with Gasteiger partial charge in [-0.25, -0.2) is 8.42 Å². The lowest BCUT2D eigenvalue weighted by atomic mass is 10.1. The molecule has 0 unspecified atom stereocenters. The van der Waals surface area contributed by atoms with Gasteiger partial charge in [-0.3, -0.25) is 4.79 Å². The number of hydrogen-bond donors (Lipinski definition) is 0. The van der Waals surface area contributed by atoms with E-state index in [0.717, 1.165) is 5.56 Å². The van der Waals surface area contributed by atoms with E-state index in [9.17, 15) is 13.2 Å². The van der Waals surface area contributed by atoms with Crippen LogP contribution in [0.5, 0.6) is 0 Å². The van der Waals surface area contributed by atoms with Crippen LogP contribution >= 0.6 is 0 Å². The van der Waals surface area contributed by atoms with Gasteiger partial charge in [0, 0.05) is 18.8 Å². The number of piperidine rings is 1. The summed E-state index contributed by atoms with van der Waals surface area (Å²) in [7, 11) is -2.97. The Bertz CT molecular complexity index is 546. The molecule has 0 aromatic heterocycles. The molecule has 1 saturated heterocycles.